The van der Waals surface area contributed by atoms with Crippen molar-refractivity contribution in [2.75, 3.05) is 38.6 Å². The molecule has 0 aromatic carbocycles. The summed E-state index contributed by atoms with van der Waals surface area (Å²) in [7, 11) is 1.72. The fraction of sp³-hybridized carbons (Fsp3) is 0.684. The summed E-state index contributed by atoms with van der Waals surface area (Å²) >= 11 is 0. The van der Waals surface area contributed by atoms with E-state index in [-0.39, 0.29) is 0 Å². The number of hydrogen-bond donors (Lipinski definition) is 1. The predicted molar refractivity (Wildman–Crippen MR) is 102 cm³/mol. The Morgan fingerprint density at radius 3 is 2.84 bits per heavy atom. The Morgan fingerprint density at radius 1 is 1.24 bits per heavy atom. The topological polar surface area (TPSA) is 55.2 Å². The molecule has 2 aromatic heterocycles. The van der Waals surface area contributed by atoms with Crippen molar-refractivity contribution in [3.8, 4) is 0 Å². The first-order valence-corrected chi connectivity index (χ1v) is 9.61. The van der Waals surface area contributed by atoms with E-state index in [1.54, 1.807) is 7.11 Å². The van der Waals surface area contributed by atoms with E-state index in [0.717, 1.165) is 57.1 Å². The summed E-state index contributed by atoms with van der Waals surface area (Å²) in [5, 5.41) is 13.6. The number of anilines is 1. The number of hydrogen-bond acceptors (Lipinski definition) is 5. The number of rotatable bonds is 9. The van der Waals surface area contributed by atoms with E-state index in [4.69, 9.17) is 4.74 Å². The molecule has 0 saturated carbocycles. The maximum Gasteiger partial charge on any atom is 0.158 e. The summed E-state index contributed by atoms with van der Waals surface area (Å²) in [5.41, 5.74) is 3.55. The minimum atomic E-state index is 0.509. The Labute approximate surface area is 150 Å². The van der Waals surface area contributed by atoms with Crippen LogP contribution in [0.3, 0.4) is 0 Å². The monoisotopic (exact) mass is 345 g/mol. The van der Waals surface area contributed by atoms with Crippen molar-refractivity contribution in [1.29, 1.82) is 0 Å². The predicted octanol–water partition coefficient (Wildman–Crippen LogP) is 3.06. The minimum absolute atomic E-state index is 0.509. The SMILES string of the molecule is CCN(CC)CCCNc1nnc(COC)c2c1cc1n2CCCC1. The standard InChI is InChI=1S/C19H31N5O/c1-4-23(5-2)11-8-10-20-19-16-13-15-9-6-7-12-24(15)18(16)17(14-25-3)21-22-19/h13H,4-12,14H2,1-3H3,(H,20,22). The molecule has 25 heavy (non-hydrogen) atoms. The van der Waals surface area contributed by atoms with E-state index in [2.05, 4.69) is 44.9 Å². The average molecular weight is 345 g/mol. The number of nitrogens with one attached hydrogen (secondary N) is 1. The molecular weight excluding hydrogens is 314 g/mol. The molecule has 1 aliphatic rings. The Bertz CT molecular complexity index is 693. The molecule has 138 valence electrons. The van der Waals surface area contributed by atoms with E-state index >= 15 is 0 Å². The van der Waals surface area contributed by atoms with Gasteiger partial charge < -0.3 is 19.5 Å². The quantitative estimate of drug-likeness (QED) is 0.708. The fourth-order valence-electron chi connectivity index (χ4n) is 3.76. The number of methoxy groups -OCH3 is 1. The van der Waals surface area contributed by atoms with Crippen molar-refractivity contribution in [3.63, 3.8) is 0 Å². The Balaban J connectivity index is 1.79. The van der Waals surface area contributed by atoms with Gasteiger partial charge in [-0.1, -0.05) is 13.8 Å². The molecule has 0 spiro atoms. The van der Waals surface area contributed by atoms with Gasteiger partial charge in [-0.3, -0.25) is 0 Å². The molecule has 0 radical (unpaired) electrons. The van der Waals surface area contributed by atoms with Gasteiger partial charge >= 0.3 is 0 Å². The summed E-state index contributed by atoms with van der Waals surface area (Å²) in [6.45, 7) is 10.3. The molecule has 2 aromatic rings. The van der Waals surface area contributed by atoms with Gasteiger partial charge in [0.05, 0.1) is 12.1 Å². The largest absolute Gasteiger partial charge is 0.378 e. The lowest BCUT2D eigenvalue weighted by Crippen LogP contribution is -2.25. The highest BCUT2D eigenvalue weighted by Gasteiger charge is 2.19. The highest BCUT2D eigenvalue weighted by molar-refractivity contribution is 5.92. The molecule has 1 N–H and O–H groups in total. The number of aromatic nitrogens is 3. The normalized spacial score (nSPS) is 14.2. The van der Waals surface area contributed by atoms with Crippen molar-refractivity contribution in [3.05, 3.63) is 17.5 Å². The Morgan fingerprint density at radius 2 is 2.08 bits per heavy atom. The van der Waals surface area contributed by atoms with E-state index in [1.165, 1.54) is 29.4 Å². The van der Waals surface area contributed by atoms with Crippen molar-refractivity contribution in [2.24, 2.45) is 0 Å². The van der Waals surface area contributed by atoms with Crippen LogP contribution in [0.2, 0.25) is 0 Å². The zero-order valence-corrected chi connectivity index (χ0v) is 15.8. The van der Waals surface area contributed by atoms with Gasteiger partial charge in [-0.2, -0.15) is 0 Å². The van der Waals surface area contributed by atoms with Gasteiger partial charge in [-0.15, -0.1) is 10.2 Å². The zero-order chi connectivity index (χ0) is 17.6. The highest BCUT2D eigenvalue weighted by Crippen LogP contribution is 2.31. The van der Waals surface area contributed by atoms with Crippen LogP contribution in [0.5, 0.6) is 0 Å². The molecule has 3 heterocycles. The molecule has 1 aliphatic heterocycles. The van der Waals surface area contributed by atoms with Crippen LogP contribution in [0.1, 0.15) is 44.5 Å². The summed E-state index contributed by atoms with van der Waals surface area (Å²) in [5.74, 6) is 0.913. The van der Waals surface area contributed by atoms with Gasteiger partial charge in [-0.05, 0) is 51.4 Å². The van der Waals surface area contributed by atoms with Crippen molar-refractivity contribution < 1.29 is 4.74 Å². The molecule has 3 rings (SSSR count). The third-order valence-corrected chi connectivity index (χ3v) is 5.17. The highest BCUT2D eigenvalue weighted by atomic mass is 16.5. The van der Waals surface area contributed by atoms with Crippen molar-refractivity contribution in [1.82, 2.24) is 19.7 Å². The first-order valence-electron chi connectivity index (χ1n) is 9.61. The molecule has 0 atom stereocenters. The molecule has 6 nitrogen and oxygen atoms in total. The molecule has 6 heteroatoms. The van der Waals surface area contributed by atoms with Gasteiger partial charge in [0.2, 0.25) is 0 Å². The number of ether oxygens (including phenoxy) is 1. The summed E-state index contributed by atoms with van der Waals surface area (Å²) in [6.07, 6.45) is 4.75. The Kier molecular flexibility index (Phi) is 6.26. The number of nitrogens with zero attached hydrogens (tertiary/aromatic N) is 4. The van der Waals surface area contributed by atoms with Gasteiger partial charge in [0.25, 0.3) is 0 Å². The average Bonchev–Trinajstić information content (AvgIpc) is 3.03. The molecule has 0 amide bonds. The van der Waals surface area contributed by atoms with E-state index in [9.17, 15) is 0 Å². The molecule has 0 aliphatic carbocycles. The first kappa shape index (κ1) is 18.1. The van der Waals surface area contributed by atoms with Crippen LogP contribution in [-0.2, 0) is 24.3 Å². The molecule has 0 bridgehead atoms. The van der Waals surface area contributed by atoms with Crippen LogP contribution in [0.25, 0.3) is 10.9 Å². The maximum absolute atomic E-state index is 5.34. The third kappa shape index (κ3) is 3.96. The number of aryl methyl sites for hydroxylation is 2. The Hall–Kier alpha value is -1.66. The molecule has 0 saturated heterocycles. The fourth-order valence-corrected chi connectivity index (χ4v) is 3.76. The minimum Gasteiger partial charge on any atom is -0.378 e. The first-order chi connectivity index (χ1) is 12.3. The second-order valence-corrected chi connectivity index (χ2v) is 6.74. The second-order valence-electron chi connectivity index (χ2n) is 6.74. The molecular formula is C19H31N5O. The second kappa shape index (κ2) is 8.63. The van der Waals surface area contributed by atoms with Gasteiger partial charge in [0, 0.05) is 31.3 Å². The van der Waals surface area contributed by atoms with Crippen LogP contribution in [0.15, 0.2) is 6.07 Å². The van der Waals surface area contributed by atoms with Crippen LogP contribution < -0.4 is 5.32 Å². The van der Waals surface area contributed by atoms with Crippen molar-refractivity contribution >= 4 is 16.7 Å². The zero-order valence-electron chi connectivity index (χ0n) is 15.8. The lowest BCUT2D eigenvalue weighted by atomic mass is 10.1. The third-order valence-electron chi connectivity index (χ3n) is 5.17. The molecule has 0 fully saturated rings. The summed E-state index contributed by atoms with van der Waals surface area (Å²) < 4.78 is 7.76. The van der Waals surface area contributed by atoms with E-state index < -0.39 is 0 Å². The van der Waals surface area contributed by atoms with Crippen LogP contribution in [0, 0.1) is 0 Å². The summed E-state index contributed by atoms with van der Waals surface area (Å²) in [4.78, 5) is 2.45. The smallest absolute Gasteiger partial charge is 0.158 e. The lowest BCUT2D eigenvalue weighted by Gasteiger charge is -2.18. The maximum atomic E-state index is 5.34. The van der Waals surface area contributed by atoms with Gasteiger partial charge in [0.15, 0.2) is 5.82 Å². The van der Waals surface area contributed by atoms with Crippen LogP contribution in [0.4, 0.5) is 5.82 Å². The van der Waals surface area contributed by atoms with E-state index in [1.807, 2.05) is 0 Å². The van der Waals surface area contributed by atoms with Crippen LogP contribution in [-0.4, -0.2) is 53.0 Å². The lowest BCUT2D eigenvalue weighted by molar-refractivity contribution is 0.181. The van der Waals surface area contributed by atoms with E-state index in [0.29, 0.717) is 6.61 Å². The van der Waals surface area contributed by atoms with Crippen molar-refractivity contribution in [2.45, 2.75) is 52.7 Å². The van der Waals surface area contributed by atoms with Gasteiger partial charge in [0.1, 0.15) is 5.69 Å². The van der Waals surface area contributed by atoms with Gasteiger partial charge in [-0.25, -0.2) is 0 Å². The number of fused-ring (bicyclic) bond motifs is 3. The summed E-state index contributed by atoms with van der Waals surface area (Å²) in [6, 6.07) is 2.30. The van der Waals surface area contributed by atoms with Crippen LogP contribution >= 0.6 is 0 Å². The molecule has 0 unspecified atom stereocenters.